The minimum absolute atomic E-state index is 0.235. The van der Waals surface area contributed by atoms with E-state index in [0.717, 1.165) is 28.3 Å². The second-order valence-corrected chi connectivity index (χ2v) is 4.49. The molecule has 2 rings (SSSR count). The molecule has 4 heteroatoms. The lowest BCUT2D eigenvalue weighted by molar-refractivity contribution is 0.338. The largest absolute Gasteiger partial charge is 0.492 e. The zero-order chi connectivity index (χ0) is 13.8. The quantitative estimate of drug-likeness (QED) is 0.914. The fourth-order valence-electron chi connectivity index (χ4n) is 2.06. The van der Waals surface area contributed by atoms with Crippen molar-refractivity contribution in [2.24, 2.45) is 5.73 Å². The van der Waals surface area contributed by atoms with Crippen LogP contribution < -0.4 is 10.5 Å². The third-order valence-corrected chi connectivity index (χ3v) is 3.01. The lowest BCUT2D eigenvalue weighted by Crippen LogP contribution is -2.14. The molecule has 0 aliphatic carbocycles. The van der Waals surface area contributed by atoms with Crippen LogP contribution >= 0.6 is 0 Å². The number of aryl methyl sites for hydroxylation is 2. The van der Waals surface area contributed by atoms with Gasteiger partial charge in [-0.15, -0.1) is 0 Å². The van der Waals surface area contributed by atoms with E-state index in [9.17, 15) is 0 Å². The molecule has 1 unspecified atom stereocenters. The van der Waals surface area contributed by atoms with Gasteiger partial charge in [-0.2, -0.15) is 0 Å². The first-order valence-electron chi connectivity index (χ1n) is 6.39. The van der Waals surface area contributed by atoms with Gasteiger partial charge in [0.2, 0.25) is 0 Å². The maximum absolute atomic E-state index is 6.30. The monoisotopic (exact) mass is 257 g/mol. The Bertz CT molecular complexity index is 569. The normalized spacial score (nSPS) is 12.2. The molecule has 19 heavy (non-hydrogen) atoms. The molecular formula is C15H19N3O. The van der Waals surface area contributed by atoms with Crippen molar-refractivity contribution in [3.8, 4) is 5.75 Å². The number of nitrogens with zero attached hydrogens (tertiary/aromatic N) is 2. The Morgan fingerprint density at radius 2 is 2.05 bits per heavy atom. The summed E-state index contributed by atoms with van der Waals surface area (Å²) in [6, 6.07) is 5.69. The van der Waals surface area contributed by atoms with Gasteiger partial charge >= 0.3 is 0 Å². The van der Waals surface area contributed by atoms with Gasteiger partial charge in [0.1, 0.15) is 5.75 Å². The zero-order valence-electron chi connectivity index (χ0n) is 11.6. The highest BCUT2D eigenvalue weighted by Crippen LogP contribution is 2.24. The van der Waals surface area contributed by atoms with Crippen LogP contribution in [0.2, 0.25) is 0 Å². The summed E-state index contributed by atoms with van der Waals surface area (Å²) in [5.41, 5.74) is 10.2. The number of nitrogens with two attached hydrogens (primary N) is 1. The van der Waals surface area contributed by atoms with Gasteiger partial charge in [-0.1, -0.05) is 6.07 Å². The molecule has 0 spiro atoms. The average molecular weight is 257 g/mol. The average Bonchev–Trinajstić information content (AvgIpc) is 2.39. The van der Waals surface area contributed by atoms with Crippen LogP contribution in [0.15, 0.2) is 30.6 Å². The summed E-state index contributed by atoms with van der Waals surface area (Å²) in [5.74, 6) is 0.744. The van der Waals surface area contributed by atoms with E-state index >= 15 is 0 Å². The summed E-state index contributed by atoms with van der Waals surface area (Å²) >= 11 is 0. The molecule has 0 saturated heterocycles. The molecule has 0 aliphatic heterocycles. The molecule has 0 fully saturated rings. The molecule has 0 radical (unpaired) electrons. The molecule has 0 saturated carbocycles. The molecule has 2 heterocycles. The molecule has 0 aliphatic rings. The van der Waals surface area contributed by atoms with Gasteiger partial charge in [-0.25, -0.2) is 0 Å². The first-order chi connectivity index (χ1) is 9.11. The topological polar surface area (TPSA) is 61.0 Å². The summed E-state index contributed by atoms with van der Waals surface area (Å²) < 4.78 is 5.45. The number of hydrogen-bond acceptors (Lipinski definition) is 4. The third-order valence-electron chi connectivity index (χ3n) is 3.01. The van der Waals surface area contributed by atoms with Crippen LogP contribution in [0, 0.1) is 13.8 Å². The molecule has 0 amide bonds. The van der Waals surface area contributed by atoms with E-state index in [2.05, 4.69) is 9.97 Å². The van der Waals surface area contributed by atoms with Gasteiger partial charge < -0.3 is 10.5 Å². The SMILES string of the molecule is CCOc1cncc(C(N)c2ccc(C)nc2C)c1. The van der Waals surface area contributed by atoms with Crippen LogP contribution in [0.3, 0.4) is 0 Å². The Hall–Kier alpha value is -1.94. The molecule has 2 N–H and O–H groups in total. The maximum atomic E-state index is 6.30. The minimum Gasteiger partial charge on any atom is -0.492 e. The molecule has 4 nitrogen and oxygen atoms in total. The van der Waals surface area contributed by atoms with Crippen molar-refractivity contribution in [1.82, 2.24) is 9.97 Å². The number of aromatic nitrogens is 2. The fourth-order valence-corrected chi connectivity index (χ4v) is 2.06. The first kappa shape index (κ1) is 13.5. The van der Waals surface area contributed by atoms with Gasteiger partial charge in [-0.05, 0) is 44.0 Å². The summed E-state index contributed by atoms with van der Waals surface area (Å²) in [7, 11) is 0. The zero-order valence-corrected chi connectivity index (χ0v) is 11.6. The van der Waals surface area contributed by atoms with Gasteiger partial charge in [0.05, 0.1) is 18.8 Å². The van der Waals surface area contributed by atoms with Gasteiger partial charge in [-0.3, -0.25) is 9.97 Å². The van der Waals surface area contributed by atoms with Crippen molar-refractivity contribution in [2.75, 3.05) is 6.61 Å². The van der Waals surface area contributed by atoms with E-state index in [1.807, 2.05) is 39.0 Å². The highest BCUT2D eigenvalue weighted by Gasteiger charge is 2.13. The predicted molar refractivity (Wildman–Crippen MR) is 75.1 cm³/mol. The maximum Gasteiger partial charge on any atom is 0.137 e. The number of ether oxygens (including phenoxy) is 1. The van der Waals surface area contributed by atoms with E-state index in [1.54, 1.807) is 12.4 Å². The Balaban J connectivity index is 2.32. The van der Waals surface area contributed by atoms with E-state index in [1.165, 1.54) is 0 Å². The summed E-state index contributed by atoms with van der Waals surface area (Å²) in [5, 5.41) is 0. The van der Waals surface area contributed by atoms with Crippen LogP contribution in [-0.2, 0) is 0 Å². The van der Waals surface area contributed by atoms with Crippen molar-refractivity contribution in [1.29, 1.82) is 0 Å². The van der Waals surface area contributed by atoms with Crippen LogP contribution in [0.4, 0.5) is 0 Å². The van der Waals surface area contributed by atoms with Gasteiger partial charge in [0.25, 0.3) is 0 Å². The minimum atomic E-state index is -0.235. The summed E-state index contributed by atoms with van der Waals surface area (Å²) in [6.07, 6.45) is 3.46. The van der Waals surface area contributed by atoms with Crippen molar-refractivity contribution in [3.05, 3.63) is 53.1 Å². The Labute approximate surface area is 113 Å². The van der Waals surface area contributed by atoms with Crippen molar-refractivity contribution in [2.45, 2.75) is 26.8 Å². The Morgan fingerprint density at radius 1 is 1.26 bits per heavy atom. The van der Waals surface area contributed by atoms with E-state index in [4.69, 9.17) is 10.5 Å². The predicted octanol–water partition coefficient (Wildman–Crippen LogP) is 2.54. The molecule has 0 aromatic carbocycles. The van der Waals surface area contributed by atoms with Crippen LogP contribution in [0.1, 0.15) is 35.5 Å². The summed E-state index contributed by atoms with van der Waals surface area (Å²) in [6.45, 7) is 6.51. The van der Waals surface area contributed by atoms with Crippen LogP contribution in [0.25, 0.3) is 0 Å². The second-order valence-electron chi connectivity index (χ2n) is 4.49. The Kier molecular flexibility index (Phi) is 4.12. The van der Waals surface area contributed by atoms with E-state index < -0.39 is 0 Å². The molecular weight excluding hydrogens is 238 g/mol. The highest BCUT2D eigenvalue weighted by molar-refractivity contribution is 5.35. The standard InChI is InChI=1S/C15H19N3O/c1-4-19-13-7-12(8-17-9-13)15(16)14-6-5-10(2)18-11(14)3/h5-9,15H,4,16H2,1-3H3. The third kappa shape index (κ3) is 3.09. The highest BCUT2D eigenvalue weighted by atomic mass is 16.5. The van der Waals surface area contributed by atoms with Crippen LogP contribution in [0.5, 0.6) is 5.75 Å². The number of pyridine rings is 2. The molecule has 100 valence electrons. The number of rotatable bonds is 4. The lowest BCUT2D eigenvalue weighted by Gasteiger charge is -2.15. The van der Waals surface area contributed by atoms with Gasteiger partial charge in [0, 0.05) is 17.6 Å². The lowest BCUT2D eigenvalue weighted by atomic mass is 9.99. The Morgan fingerprint density at radius 3 is 2.74 bits per heavy atom. The molecule has 2 aromatic heterocycles. The van der Waals surface area contributed by atoms with Crippen LogP contribution in [-0.4, -0.2) is 16.6 Å². The van der Waals surface area contributed by atoms with E-state index in [0.29, 0.717) is 6.61 Å². The number of hydrogen-bond donors (Lipinski definition) is 1. The fraction of sp³-hybridized carbons (Fsp3) is 0.333. The van der Waals surface area contributed by atoms with Gasteiger partial charge in [0.15, 0.2) is 0 Å². The smallest absolute Gasteiger partial charge is 0.137 e. The van der Waals surface area contributed by atoms with E-state index in [-0.39, 0.29) is 6.04 Å². The van der Waals surface area contributed by atoms with Crippen molar-refractivity contribution < 1.29 is 4.74 Å². The van der Waals surface area contributed by atoms with Crippen molar-refractivity contribution >= 4 is 0 Å². The molecule has 0 bridgehead atoms. The molecule has 1 atom stereocenters. The van der Waals surface area contributed by atoms with Crippen molar-refractivity contribution in [3.63, 3.8) is 0 Å². The molecule has 2 aromatic rings. The summed E-state index contributed by atoms with van der Waals surface area (Å²) in [4.78, 5) is 8.62. The second kappa shape index (κ2) is 5.80. The first-order valence-corrected chi connectivity index (χ1v) is 6.39.